The number of aliphatic hydroxyl groups excluding tert-OH is 1. The molecule has 108 valence electrons. The van der Waals surface area contributed by atoms with E-state index in [1.165, 1.54) is 19.4 Å². The van der Waals surface area contributed by atoms with Gasteiger partial charge in [-0.1, -0.05) is 11.8 Å². The summed E-state index contributed by atoms with van der Waals surface area (Å²) in [5.41, 5.74) is 0.955. The van der Waals surface area contributed by atoms with Gasteiger partial charge in [0, 0.05) is 25.1 Å². The standard InChI is InChI=1S/C17H23NO2/c1-18(14-16-5-6-16)11-13-20-17-9-7-15(8-10-17)4-2-3-12-19/h7-10,16,19H,3,5-6,11-14H2,1H3. The van der Waals surface area contributed by atoms with Crippen molar-refractivity contribution in [3.8, 4) is 17.6 Å². The van der Waals surface area contributed by atoms with Crippen molar-refractivity contribution < 1.29 is 9.84 Å². The monoisotopic (exact) mass is 273 g/mol. The Balaban J connectivity index is 1.69. The number of ether oxygens (including phenoxy) is 1. The molecular weight excluding hydrogens is 250 g/mol. The summed E-state index contributed by atoms with van der Waals surface area (Å²) >= 11 is 0. The van der Waals surface area contributed by atoms with Crippen molar-refractivity contribution in [2.24, 2.45) is 5.92 Å². The van der Waals surface area contributed by atoms with E-state index in [0.29, 0.717) is 6.42 Å². The number of nitrogens with zero attached hydrogens (tertiary/aromatic N) is 1. The quantitative estimate of drug-likeness (QED) is 0.773. The molecule has 0 heterocycles. The summed E-state index contributed by atoms with van der Waals surface area (Å²) in [5.74, 6) is 7.72. The molecule has 1 fully saturated rings. The van der Waals surface area contributed by atoms with Crippen molar-refractivity contribution in [1.29, 1.82) is 0 Å². The van der Waals surface area contributed by atoms with Crippen LogP contribution >= 0.6 is 0 Å². The normalized spacial score (nSPS) is 13.9. The third-order valence-corrected chi connectivity index (χ3v) is 3.33. The fraction of sp³-hybridized carbons (Fsp3) is 0.529. The first-order valence-electron chi connectivity index (χ1n) is 7.29. The molecule has 1 aliphatic carbocycles. The summed E-state index contributed by atoms with van der Waals surface area (Å²) < 4.78 is 5.73. The van der Waals surface area contributed by atoms with Gasteiger partial charge in [0.25, 0.3) is 0 Å². The summed E-state index contributed by atoms with van der Waals surface area (Å²) in [6.07, 6.45) is 3.31. The molecule has 1 N–H and O–H groups in total. The second kappa shape index (κ2) is 7.94. The minimum absolute atomic E-state index is 0.114. The molecular formula is C17H23NO2. The number of aliphatic hydroxyl groups is 1. The molecule has 0 aromatic heterocycles. The van der Waals surface area contributed by atoms with Crippen LogP contribution in [0, 0.1) is 17.8 Å². The topological polar surface area (TPSA) is 32.7 Å². The number of rotatable bonds is 7. The van der Waals surface area contributed by atoms with Gasteiger partial charge in [0.05, 0.1) is 6.61 Å². The molecule has 0 saturated heterocycles. The second-order valence-electron chi connectivity index (χ2n) is 5.35. The van der Waals surface area contributed by atoms with Gasteiger partial charge in [-0.3, -0.25) is 0 Å². The molecule has 1 aromatic carbocycles. The lowest BCUT2D eigenvalue weighted by molar-refractivity contribution is 0.232. The molecule has 2 rings (SSSR count). The van der Waals surface area contributed by atoms with Crippen molar-refractivity contribution in [3.63, 3.8) is 0 Å². The van der Waals surface area contributed by atoms with E-state index in [-0.39, 0.29) is 6.61 Å². The highest BCUT2D eigenvalue weighted by Crippen LogP contribution is 2.29. The predicted octanol–water partition coefficient (Wildman–Crippen LogP) is 2.14. The fourth-order valence-corrected chi connectivity index (χ4v) is 2.01. The molecule has 3 nitrogen and oxygen atoms in total. The number of hydrogen-bond acceptors (Lipinski definition) is 3. The average Bonchev–Trinajstić information content (AvgIpc) is 3.25. The van der Waals surface area contributed by atoms with Crippen molar-refractivity contribution >= 4 is 0 Å². The lowest BCUT2D eigenvalue weighted by Gasteiger charge is -2.16. The molecule has 0 radical (unpaired) electrons. The minimum Gasteiger partial charge on any atom is -0.492 e. The van der Waals surface area contributed by atoms with Crippen LogP contribution in [0.3, 0.4) is 0 Å². The maximum atomic E-state index is 8.66. The average molecular weight is 273 g/mol. The van der Waals surface area contributed by atoms with Crippen molar-refractivity contribution in [1.82, 2.24) is 4.90 Å². The van der Waals surface area contributed by atoms with E-state index < -0.39 is 0 Å². The first kappa shape index (κ1) is 14.9. The predicted molar refractivity (Wildman–Crippen MR) is 80.7 cm³/mol. The summed E-state index contributed by atoms with van der Waals surface area (Å²) in [7, 11) is 2.15. The van der Waals surface area contributed by atoms with Crippen LogP contribution in [-0.2, 0) is 0 Å². The molecule has 0 amide bonds. The van der Waals surface area contributed by atoms with E-state index in [2.05, 4.69) is 23.8 Å². The third-order valence-electron chi connectivity index (χ3n) is 3.33. The molecule has 0 aliphatic heterocycles. The molecule has 3 heteroatoms. The van der Waals surface area contributed by atoms with E-state index in [1.54, 1.807) is 0 Å². The number of benzene rings is 1. The maximum Gasteiger partial charge on any atom is 0.119 e. The van der Waals surface area contributed by atoms with E-state index in [0.717, 1.165) is 30.4 Å². The number of hydrogen-bond donors (Lipinski definition) is 1. The Kier molecular flexibility index (Phi) is 5.91. The molecule has 0 unspecified atom stereocenters. The first-order chi connectivity index (χ1) is 9.78. The van der Waals surface area contributed by atoms with Crippen LogP contribution in [0.2, 0.25) is 0 Å². The smallest absolute Gasteiger partial charge is 0.119 e. The highest BCUT2D eigenvalue weighted by atomic mass is 16.5. The lowest BCUT2D eigenvalue weighted by Crippen LogP contribution is -2.26. The van der Waals surface area contributed by atoms with Gasteiger partial charge >= 0.3 is 0 Å². The second-order valence-corrected chi connectivity index (χ2v) is 5.35. The molecule has 1 aromatic rings. The van der Waals surface area contributed by atoms with Crippen LogP contribution in [0.25, 0.3) is 0 Å². The number of likely N-dealkylation sites (N-methyl/N-ethyl adjacent to an activating group) is 1. The van der Waals surface area contributed by atoms with Crippen LogP contribution in [0.5, 0.6) is 5.75 Å². The van der Waals surface area contributed by atoms with Crippen LogP contribution in [0.4, 0.5) is 0 Å². The van der Waals surface area contributed by atoms with Gasteiger partial charge in [-0.05, 0) is 50.1 Å². The highest BCUT2D eigenvalue weighted by Gasteiger charge is 2.22. The Morgan fingerprint density at radius 1 is 1.30 bits per heavy atom. The lowest BCUT2D eigenvalue weighted by atomic mass is 10.2. The Labute approximate surface area is 121 Å². The van der Waals surface area contributed by atoms with Gasteiger partial charge in [-0.25, -0.2) is 0 Å². The van der Waals surface area contributed by atoms with Crippen LogP contribution in [-0.4, -0.2) is 43.4 Å². The van der Waals surface area contributed by atoms with E-state index >= 15 is 0 Å². The van der Waals surface area contributed by atoms with Crippen molar-refractivity contribution in [2.75, 3.05) is 33.4 Å². The van der Waals surface area contributed by atoms with Gasteiger partial charge < -0.3 is 14.7 Å². The first-order valence-corrected chi connectivity index (χ1v) is 7.29. The summed E-state index contributed by atoms with van der Waals surface area (Å²) in [6, 6.07) is 7.80. The van der Waals surface area contributed by atoms with Crippen LogP contribution in [0.1, 0.15) is 24.8 Å². The van der Waals surface area contributed by atoms with Gasteiger partial charge in [0.2, 0.25) is 0 Å². The Hall–Kier alpha value is -1.50. The SMILES string of the molecule is CN(CCOc1ccc(C#CCCO)cc1)CC1CC1. The fourth-order valence-electron chi connectivity index (χ4n) is 2.01. The van der Waals surface area contributed by atoms with Crippen LogP contribution in [0.15, 0.2) is 24.3 Å². The molecule has 0 atom stereocenters. The van der Waals surface area contributed by atoms with E-state index in [9.17, 15) is 0 Å². The third kappa shape index (κ3) is 5.64. The minimum atomic E-state index is 0.114. The highest BCUT2D eigenvalue weighted by molar-refractivity contribution is 5.38. The van der Waals surface area contributed by atoms with Gasteiger partial charge in [0.15, 0.2) is 0 Å². The maximum absolute atomic E-state index is 8.66. The Morgan fingerprint density at radius 3 is 2.70 bits per heavy atom. The Morgan fingerprint density at radius 2 is 2.05 bits per heavy atom. The van der Waals surface area contributed by atoms with Crippen molar-refractivity contribution in [3.05, 3.63) is 29.8 Å². The summed E-state index contributed by atoms with van der Waals surface area (Å²) in [6.45, 7) is 3.00. The van der Waals surface area contributed by atoms with Crippen molar-refractivity contribution in [2.45, 2.75) is 19.3 Å². The molecule has 0 bridgehead atoms. The molecule has 0 spiro atoms. The zero-order chi connectivity index (χ0) is 14.2. The molecule has 1 saturated carbocycles. The van der Waals surface area contributed by atoms with Gasteiger partial charge in [0.1, 0.15) is 12.4 Å². The van der Waals surface area contributed by atoms with Gasteiger partial charge in [-0.15, -0.1) is 0 Å². The summed E-state index contributed by atoms with van der Waals surface area (Å²) in [5, 5.41) is 8.66. The van der Waals surface area contributed by atoms with E-state index in [1.807, 2.05) is 24.3 Å². The zero-order valence-corrected chi connectivity index (χ0v) is 12.1. The molecule has 1 aliphatic rings. The largest absolute Gasteiger partial charge is 0.492 e. The molecule has 20 heavy (non-hydrogen) atoms. The van der Waals surface area contributed by atoms with Crippen LogP contribution < -0.4 is 4.74 Å². The summed E-state index contributed by atoms with van der Waals surface area (Å²) in [4.78, 5) is 2.34. The van der Waals surface area contributed by atoms with Gasteiger partial charge in [-0.2, -0.15) is 0 Å². The Bertz CT molecular complexity index is 454. The van der Waals surface area contributed by atoms with E-state index in [4.69, 9.17) is 9.84 Å². The zero-order valence-electron chi connectivity index (χ0n) is 12.1.